The molecule has 2 aliphatic heterocycles. The van der Waals surface area contributed by atoms with Gasteiger partial charge in [-0.15, -0.1) is 0 Å². The van der Waals surface area contributed by atoms with E-state index in [0.717, 1.165) is 80.8 Å². The second-order valence-electron chi connectivity index (χ2n) is 10.2. The highest BCUT2D eigenvalue weighted by atomic mass is 16.5. The maximum Gasteiger partial charge on any atom is 0.254 e. The molecule has 1 saturated heterocycles. The molecular weight excluding hydrogens is 450 g/mol. The average Bonchev–Trinajstić information content (AvgIpc) is 3.40. The number of nitrogens with zero attached hydrogens (tertiary/aromatic N) is 3. The van der Waals surface area contributed by atoms with Crippen LogP contribution in [0.2, 0.25) is 0 Å². The van der Waals surface area contributed by atoms with Crippen molar-refractivity contribution in [3.63, 3.8) is 0 Å². The third-order valence-corrected chi connectivity index (χ3v) is 7.49. The Bertz CT molecular complexity index is 1030. The molecule has 2 aromatic rings. The number of ether oxygens (including phenoxy) is 1. The first-order valence-corrected chi connectivity index (χ1v) is 13.6. The zero-order valence-electron chi connectivity index (χ0n) is 22.0. The van der Waals surface area contributed by atoms with Crippen LogP contribution in [0.3, 0.4) is 0 Å². The normalized spacial score (nSPS) is 18.1. The van der Waals surface area contributed by atoms with Crippen molar-refractivity contribution in [2.75, 3.05) is 38.2 Å². The molecule has 0 radical (unpaired) electrons. The van der Waals surface area contributed by atoms with Gasteiger partial charge in [-0.3, -0.25) is 14.5 Å². The molecule has 0 spiro atoms. The zero-order valence-corrected chi connectivity index (χ0v) is 22.0. The highest BCUT2D eigenvalue weighted by Crippen LogP contribution is 2.27. The third-order valence-electron chi connectivity index (χ3n) is 7.49. The molecule has 2 heterocycles. The molecule has 0 atom stereocenters. The number of amides is 2. The fourth-order valence-electron chi connectivity index (χ4n) is 5.49. The summed E-state index contributed by atoms with van der Waals surface area (Å²) in [6.07, 6.45) is 9.02. The molecular formula is C30H41N3O3. The van der Waals surface area contributed by atoms with Crippen molar-refractivity contribution < 1.29 is 14.3 Å². The smallest absolute Gasteiger partial charge is 0.254 e. The van der Waals surface area contributed by atoms with E-state index in [1.807, 2.05) is 46.2 Å². The maximum atomic E-state index is 13.9. The quantitative estimate of drug-likeness (QED) is 0.555. The van der Waals surface area contributed by atoms with Crippen LogP contribution in [-0.2, 0) is 17.9 Å². The van der Waals surface area contributed by atoms with Gasteiger partial charge in [-0.05, 0) is 68.6 Å². The van der Waals surface area contributed by atoms with Crippen LogP contribution in [0, 0.1) is 0 Å². The molecule has 4 rings (SSSR count). The van der Waals surface area contributed by atoms with Crippen molar-refractivity contribution in [2.45, 2.75) is 71.4 Å². The Morgan fingerprint density at radius 1 is 0.833 bits per heavy atom. The Hall–Kier alpha value is -2.86. The molecule has 2 aliphatic rings. The summed E-state index contributed by atoms with van der Waals surface area (Å²) < 4.78 is 5.63. The molecule has 6 nitrogen and oxygen atoms in total. The summed E-state index contributed by atoms with van der Waals surface area (Å²) >= 11 is 0. The largest absolute Gasteiger partial charge is 0.496 e. The third kappa shape index (κ3) is 6.67. The van der Waals surface area contributed by atoms with Gasteiger partial charge in [0.1, 0.15) is 5.75 Å². The minimum Gasteiger partial charge on any atom is -0.496 e. The molecule has 0 saturated carbocycles. The topological polar surface area (TPSA) is 53.1 Å². The van der Waals surface area contributed by atoms with E-state index in [0.29, 0.717) is 18.7 Å². The molecule has 194 valence electrons. The fourth-order valence-corrected chi connectivity index (χ4v) is 5.49. The first-order chi connectivity index (χ1) is 17.6. The predicted octanol–water partition coefficient (Wildman–Crippen LogP) is 5.64. The predicted molar refractivity (Wildman–Crippen MR) is 144 cm³/mol. The lowest BCUT2D eigenvalue weighted by atomic mass is 10.1. The molecule has 36 heavy (non-hydrogen) atoms. The Morgan fingerprint density at radius 2 is 1.50 bits per heavy atom. The van der Waals surface area contributed by atoms with E-state index in [4.69, 9.17) is 4.74 Å². The number of anilines is 1. The van der Waals surface area contributed by atoms with Gasteiger partial charge in [0.15, 0.2) is 0 Å². The number of hydrogen-bond acceptors (Lipinski definition) is 4. The van der Waals surface area contributed by atoms with Gasteiger partial charge in [-0.1, -0.05) is 43.9 Å². The summed E-state index contributed by atoms with van der Waals surface area (Å²) in [6, 6.07) is 13.9. The molecule has 0 unspecified atom stereocenters. The van der Waals surface area contributed by atoms with Crippen LogP contribution in [0.15, 0.2) is 42.5 Å². The van der Waals surface area contributed by atoms with Crippen molar-refractivity contribution >= 4 is 17.5 Å². The second kappa shape index (κ2) is 12.9. The lowest BCUT2D eigenvalue weighted by Crippen LogP contribution is -2.34. The van der Waals surface area contributed by atoms with Crippen molar-refractivity contribution in [1.82, 2.24) is 9.80 Å². The molecule has 0 aliphatic carbocycles. The molecule has 0 N–H and O–H groups in total. The van der Waals surface area contributed by atoms with Gasteiger partial charge < -0.3 is 14.5 Å². The number of hydrogen-bond donors (Lipinski definition) is 0. The van der Waals surface area contributed by atoms with Crippen LogP contribution in [0.1, 0.15) is 79.8 Å². The lowest BCUT2D eigenvalue weighted by Gasteiger charge is -2.28. The molecule has 2 amide bonds. The minimum absolute atomic E-state index is 0.0411. The molecule has 0 bridgehead atoms. The van der Waals surface area contributed by atoms with Gasteiger partial charge in [0.05, 0.1) is 7.11 Å². The van der Waals surface area contributed by atoms with Crippen LogP contribution in [-0.4, -0.2) is 54.9 Å². The summed E-state index contributed by atoms with van der Waals surface area (Å²) in [5, 5.41) is 0. The van der Waals surface area contributed by atoms with E-state index < -0.39 is 0 Å². The Kier molecular flexibility index (Phi) is 9.40. The highest BCUT2D eigenvalue weighted by molar-refractivity contribution is 5.95. The average molecular weight is 492 g/mol. The van der Waals surface area contributed by atoms with Crippen molar-refractivity contribution in [3.05, 3.63) is 59.2 Å². The fraction of sp³-hybridized carbons (Fsp3) is 0.533. The zero-order chi connectivity index (χ0) is 25.3. The minimum atomic E-state index is 0.0411. The SMILES string of the molecule is COc1ccc(C(=O)N2CCCCCCCCN(C(C)=O)c3ccccc3C2)cc1CN1CCCC1. The van der Waals surface area contributed by atoms with E-state index in [-0.39, 0.29) is 11.8 Å². The number of methoxy groups -OCH3 is 1. The van der Waals surface area contributed by atoms with Gasteiger partial charge in [0.2, 0.25) is 5.91 Å². The lowest BCUT2D eigenvalue weighted by molar-refractivity contribution is -0.116. The number of carbonyl (C=O) groups excluding carboxylic acids is 2. The second-order valence-corrected chi connectivity index (χ2v) is 10.2. The first kappa shape index (κ1) is 26.2. The Labute approximate surface area is 216 Å². The first-order valence-electron chi connectivity index (χ1n) is 13.6. The Balaban J connectivity index is 1.62. The van der Waals surface area contributed by atoms with Crippen LogP contribution in [0.4, 0.5) is 5.69 Å². The number of carbonyl (C=O) groups is 2. The van der Waals surface area contributed by atoms with Crippen LogP contribution < -0.4 is 9.64 Å². The van der Waals surface area contributed by atoms with E-state index in [1.165, 1.54) is 19.3 Å². The molecule has 1 fully saturated rings. The number of para-hydroxylation sites is 1. The van der Waals surface area contributed by atoms with E-state index in [2.05, 4.69) is 11.0 Å². The molecule has 6 heteroatoms. The van der Waals surface area contributed by atoms with Gasteiger partial charge in [-0.25, -0.2) is 0 Å². The number of benzene rings is 2. The van der Waals surface area contributed by atoms with Crippen molar-refractivity contribution in [3.8, 4) is 5.75 Å². The number of rotatable bonds is 4. The molecule has 0 aromatic heterocycles. The van der Waals surface area contributed by atoms with Crippen LogP contribution in [0.25, 0.3) is 0 Å². The summed E-state index contributed by atoms with van der Waals surface area (Å²) in [5.74, 6) is 0.933. The standard InChI is InChI=1S/C30H41N3O3/c1-24(34)33-20-10-6-4-3-5-9-19-32(23-26-13-7-8-14-28(26)33)30(35)25-15-16-29(36-2)27(21-25)22-31-17-11-12-18-31/h7-8,13-16,21H,3-6,9-12,17-20,22-23H2,1-2H3. The van der Waals surface area contributed by atoms with Gasteiger partial charge in [0, 0.05) is 49.9 Å². The monoisotopic (exact) mass is 491 g/mol. The summed E-state index contributed by atoms with van der Waals surface area (Å²) in [5.41, 5.74) is 3.71. The highest BCUT2D eigenvalue weighted by Gasteiger charge is 2.22. The maximum absolute atomic E-state index is 13.9. The van der Waals surface area contributed by atoms with Gasteiger partial charge >= 0.3 is 0 Å². The van der Waals surface area contributed by atoms with Crippen LogP contribution in [0.5, 0.6) is 5.75 Å². The number of likely N-dealkylation sites (tertiary alicyclic amines) is 1. The number of fused-ring (bicyclic) bond motifs is 1. The summed E-state index contributed by atoms with van der Waals surface area (Å²) in [6.45, 7) is 6.55. The summed E-state index contributed by atoms with van der Waals surface area (Å²) in [7, 11) is 1.70. The Morgan fingerprint density at radius 3 is 2.22 bits per heavy atom. The van der Waals surface area contributed by atoms with Crippen molar-refractivity contribution in [2.24, 2.45) is 0 Å². The van der Waals surface area contributed by atoms with E-state index >= 15 is 0 Å². The van der Waals surface area contributed by atoms with Gasteiger partial charge in [0.25, 0.3) is 5.91 Å². The van der Waals surface area contributed by atoms with E-state index in [1.54, 1.807) is 14.0 Å². The van der Waals surface area contributed by atoms with Crippen LogP contribution >= 0.6 is 0 Å². The van der Waals surface area contributed by atoms with Gasteiger partial charge in [-0.2, -0.15) is 0 Å². The molecule has 2 aromatic carbocycles. The van der Waals surface area contributed by atoms with E-state index in [9.17, 15) is 9.59 Å². The van der Waals surface area contributed by atoms with Crippen molar-refractivity contribution in [1.29, 1.82) is 0 Å². The summed E-state index contributed by atoms with van der Waals surface area (Å²) in [4.78, 5) is 32.7.